The average molecular weight is 527 g/mol. The first kappa shape index (κ1) is 22.4. The molecule has 6 nitrogen and oxygen atoms in total. The third kappa shape index (κ3) is 2.94. The molecule has 0 aromatic heterocycles. The predicted molar refractivity (Wildman–Crippen MR) is 129 cm³/mol. The minimum atomic E-state index is -2.16. The van der Waals surface area contributed by atoms with Gasteiger partial charge in [-0.15, -0.1) is 0 Å². The summed E-state index contributed by atoms with van der Waals surface area (Å²) in [5.74, 6) is -5.15. The number of carbonyl (C=O) groups is 4. The Balaban J connectivity index is 1.56. The quantitative estimate of drug-likeness (QED) is 0.333. The van der Waals surface area contributed by atoms with Crippen LogP contribution in [0.4, 0.5) is 5.69 Å². The van der Waals surface area contributed by atoms with E-state index in [-0.39, 0.29) is 26.9 Å². The first-order valence-electron chi connectivity index (χ1n) is 10.7. The summed E-state index contributed by atoms with van der Waals surface area (Å²) in [7, 11) is 0. The molecule has 35 heavy (non-hydrogen) atoms. The Morgan fingerprint density at radius 2 is 1.34 bits per heavy atom. The van der Waals surface area contributed by atoms with Crippen LogP contribution in [0.1, 0.15) is 32.4 Å². The van der Waals surface area contributed by atoms with Crippen molar-refractivity contribution in [2.75, 3.05) is 4.90 Å². The summed E-state index contributed by atoms with van der Waals surface area (Å²) in [5, 5.41) is 0.851. The lowest BCUT2D eigenvalue weighted by molar-refractivity contribution is -0.127. The van der Waals surface area contributed by atoms with Gasteiger partial charge in [0.05, 0.1) is 28.6 Å². The number of nitrogens with zero attached hydrogens (tertiary/aromatic N) is 1. The molecule has 1 spiro atoms. The number of ketones is 2. The summed E-state index contributed by atoms with van der Waals surface area (Å²) >= 11 is 18.5. The average Bonchev–Trinajstić information content (AvgIpc) is 3.41. The first-order chi connectivity index (χ1) is 16.8. The van der Waals surface area contributed by atoms with E-state index in [9.17, 15) is 19.2 Å². The van der Waals surface area contributed by atoms with E-state index >= 15 is 0 Å². The largest absolute Gasteiger partial charge is 0.349 e. The van der Waals surface area contributed by atoms with E-state index in [1.807, 2.05) is 0 Å². The second kappa shape index (κ2) is 7.73. The van der Waals surface area contributed by atoms with Crippen LogP contribution in [-0.4, -0.2) is 29.0 Å². The van der Waals surface area contributed by atoms with Gasteiger partial charge in [0.15, 0.2) is 0 Å². The van der Waals surface area contributed by atoms with Gasteiger partial charge in [0.1, 0.15) is 0 Å². The minimum absolute atomic E-state index is 0.0870. The van der Waals surface area contributed by atoms with Gasteiger partial charge >= 0.3 is 0 Å². The lowest BCUT2D eigenvalue weighted by atomic mass is 9.77. The van der Waals surface area contributed by atoms with Gasteiger partial charge in [-0.1, -0.05) is 71.2 Å². The predicted octanol–water partition coefficient (Wildman–Crippen LogP) is 5.34. The Morgan fingerprint density at radius 1 is 0.743 bits per heavy atom. The second-order valence-electron chi connectivity index (χ2n) is 8.64. The fourth-order valence-corrected chi connectivity index (χ4v) is 5.86. The number of fused-ring (bicyclic) bond motifs is 3. The van der Waals surface area contributed by atoms with Crippen molar-refractivity contribution in [1.29, 1.82) is 0 Å². The number of imide groups is 1. The molecule has 0 radical (unpaired) electrons. The number of anilines is 1. The minimum Gasteiger partial charge on any atom is -0.349 e. The van der Waals surface area contributed by atoms with Gasteiger partial charge in [-0.2, -0.15) is 0 Å². The molecule has 0 bridgehead atoms. The van der Waals surface area contributed by atoms with E-state index in [2.05, 4.69) is 0 Å². The zero-order valence-electron chi connectivity index (χ0n) is 17.7. The van der Waals surface area contributed by atoms with Crippen LogP contribution in [0.3, 0.4) is 0 Å². The van der Waals surface area contributed by atoms with Crippen molar-refractivity contribution in [2.45, 2.75) is 11.7 Å². The Morgan fingerprint density at radius 3 is 1.97 bits per heavy atom. The third-order valence-electron chi connectivity index (χ3n) is 6.87. The van der Waals surface area contributed by atoms with E-state index < -0.39 is 46.9 Å². The Hall–Kier alpha value is -3.03. The monoisotopic (exact) mass is 525 g/mol. The molecule has 9 heteroatoms. The van der Waals surface area contributed by atoms with Crippen molar-refractivity contribution >= 4 is 63.9 Å². The van der Waals surface area contributed by atoms with Crippen molar-refractivity contribution in [1.82, 2.24) is 0 Å². The van der Waals surface area contributed by atoms with Crippen LogP contribution in [0, 0.1) is 11.8 Å². The molecule has 2 fully saturated rings. The summed E-state index contributed by atoms with van der Waals surface area (Å²) in [4.78, 5) is 56.1. The molecular formula is C26H14Cl3NO5. The second-order valence-corrected chi connectivity index (χ2v) is 9.92. The number of Topliss-reactive ketones (excluding diaryl/α,β-unsaturated/α-hetero) is 2. The number of rotatable bonds is 2. The maximum atomic E-state index is 13.9. The number of ether oxygens (including phenoxy) is 1. The smallest absolute Gasteiger partial charge is 0.241 e. The van der Waals surface area contributed by atoms with E-state index in [4.69, 9.17) is 39.5 Å². The SMILES string of the molecule is O=C1[C@H]2[C@@H](c3ccc(Cl)cc3)OC3(C(=O)c4ccccc4C3=O)[C@H]2C(=O)N1c1cc(Cl)ccc1Cl. The van der Waals surface area contributed by atoms with Crippen LogP contribution in [0.2, 0.25) is 15.1 Å². The molecule has 0 N–H and O–H groups in total. The summed E-state index contributed by atoms with van der Waals surface area (Å²) in [6, 6.07) is 17.2. The van der Waals surface area contributed by atoms with Crippen LogP contribution >= 0.6 is 34.8 Å². The number of benzene rings is 3. The van der Waals surface area contributed by atoms with Gasteiger partial charge < -0.3 is 4.74 Å². The van der Waals surface area contributed by atoms with Gasteiger partial charge in [-0.05, 0) is 35.9 Å². The summed E-state index contributed by atoms with van der Waals surface area (Å²) in [6.45, 7) is 0. The highest BCUT2D eigenvalue weighted by Gasteiger charge is 2.74. The van der Waals surface area contributed by atoms with Crippen LogP contribution in [-0.2, 0) is 14.3 Å². The van der Waals surface area contributed by atoms with Crippen LogP contribution in [0.15, 0.2) is 66.7 Å². The highest BCUT2D eigenvalue weighted by molar-refractivity contribution is 6.40. The van der Waals surface area contributed by atoms with Crippen molar-refractivity contribution in [3.8, 4) is 0 Å². The van der Waals surface area contributed by atoms with Crippen LogP contribution in [0.25, 0.3) is 0 Å². The molecule has 2 amide bonds. The summed E-state index contributed by atoms with van der Waals surface area (Å²) < 4.78 is 6.22. The number of hydrogen-bond donors (Lipinski definition) is 0. The number of halogens is 3. The van der Waals surface area contributed by atoms with Gasteiger partial charge in [0.2, 0.25) is 29.0 Å². The van der Waals surface area contributed by atoms with E-state index in [0.717, 1.165) is 4.90 Å². The normalized spacial score (nSPS) is 24.4. The van der Waals surface area contributed by atoms with E-state index in [0.29, 0.717) is 10.6 Å². The molecule has 3 aromatic carbocycles. The van der Waals surface area contributed by atoms with Crippen LogP contribution < -0.4 is 4.90 Å². The molecule has 3 atom stereocenters. The standard InChI is InChI=1S/C26H14Cl3NO5/c27-13-7-5-12(6-8-13)21-19-20(25(34)30(24(19)33)18-11-14(28)9-10-17(18)29)26(35-21)22(31)15-3-1-2-4-16(15)23(26)32/h1-11,19-21H/t19-,20-,21-/m1/s1. The molecular weight excluding hydrogens is 513 g/mol. The van der Waals surface area contributed by atoms with Crippen LogP contribution in [0.5, 0.6) is 0 Å². The zero-order valence-corrected chi connectivity index (χ0v) is 20.0. The fourth-order valence-electron chi connectivity index (χ4n) is 5.37. The molecule has 174 valence electrons. The fraction of sp³-hybridized carbons (Fsp3) is 0.154. The van der Waals surface area contributed by atoms with Gasteiger partial charge in [0, 0.05) is 21.2 Å². The van der Waals surface area contributed by atoms with E-state index in [1.165, 1.54) is 30.3 Å². The van der Waals surface area contributed by atoms with Crippen molar-refractivity contribution < 1.29 is 23.9 Å². The van der Waals surface area contributed by atoms with Crippen molar-refractivity contribution in [3.05, 3.63) is 98.5 Å². The number of amides is 2. The van der Waals surface area contributed by atoms with Crippen molar-refractivity contribution in [3.63, 3.8) is 0 Å². The molecule has 6 rings (SSSR count). The molecule has 3 aromatic rings. The highest BCUT2D eigenvalue weighted by Crippen LogP contribution is 2.58. The van der Waals surface area contributed by atoms with Gasteiger partial charge in [0.25, 0.3) is 0 Å². The summed E-state index contributed by atoms with van der Waals surface area (Å²) in [5.41, 5.74) is -1.24. The lowest BCUT2D eigenvalue weighted by Crippen LogP contribution is -2.51. The number of carbonyl (C=O) groups excluding carboxylic acids is 4. The van der Waals surface area contributed by atoms with E-state index in [1.54, 1.807) is 36.4 Å². The topological polar surface area (TPSA) is 80.8 Å². The first-order valence-corrected chi connectivity index (χ1v) is 11.8. The van der Waals surface area contributed by atoms with Gasteiger partial charge in [-0.25, -0.2) is 4.90 Å². The Bertz CT molecular complexity index is 1430. The molecule has 2 aliphatic heterocycles. The summed E-state index contributed by atoms with van der Waals surface area (Å²) in [6.07, 6.45) is -1.04. The van der Waals surface area contributed by atoms with Gasteiger partial charge in [-0.3, -0.25) is 19.2 Å². The zero-order chi connectivity index (χ0) is 24.6. The Kier molecular flexibility index (Phi) is 4.96. The molecule has 0 saturated carbocycles. The molecule has 2 saturated heterocycles. The van der Waals surface area contributed by atoms with Crippen molar-refractivity contribution in [2.24, 2.45) is 11.8 Å². The third-order valence-corrected chi connectivity index (χ3v) is 7.67. The Labute approximate surface area is 214 Å². The number of hydrogen-bond acceptors (Lipinski definition) is 5. The molecule has 0 unspecified atom stereocenters. The maximum Gasteiger partial charge on any atom is 0.241 e. The lowest BCUT2D eigenvalue weighted by Gasteiger charge is -2.27. The molecule has 3 aliphatic rings. The molecule has 1 aliphatic carbocycles. The molecule has 2 heterocycles. The maximum absolute atomic E-state index is 13.9. The highest BCUT2D eigenvalue weighted by atomic mass is 35.5.